The van der Waals surface area contributed by atoms with Crippen LogP contribution in [-0.4, -0.2) is 15.8 Å². The number of rotatable bonds is 7. The summed E-state index contributed by atoms with van der Waals surface area (Å²) in [4.78, 5) is 33.3. The van der Waals surface area contributed by atoms with Crippen molar-refractivity contribution in [1.29, 1.82) is 0 Å². The van der Waals surface area contributed by atoms with Crippen LogP contribution < -0.4 is 10.1 Å². The molecule has 0 radical (unpaired) electrons. The third-order valence-electron chi connectivity index (χ3n) is 4.47. The summed E-state index contributed by atoms with van der Waals surface area (Å²) in [5, 5.41) is 24.7. The molecule has 0 unspecified atom stereocenters. The molecule has 0 saturated heterocycles. The highest BCUT2D eigenvalue weighted by Crippen LogP contribution is 2.32. The van der Waals surface area contributed by atoms with E-state index in [9.17, 15) is 25.0 Å². The topological polar surface area (TPSA) is 138 Å². The van der Waals surface area contributed by atoms with Crippen molar-refractivity contribution in [3.63, 3.8) is 0 Å². The van der Waals surface area contributed by atoms with Gasteiger partial charge in [-0.3, -0.25) is 25.0 Å². The second-order valence-electron chi connectivity index (χ2n) is 6.99. The van der Waals surface area contributed by atoms with E-state index in [-0.39, 0.29) is 23.6 Å². The van der Waals surface area contributed by atoms with Gasteiger partial charge in [-0.05, 0) is 56.2 Å². The fourth-order valence-corrected chi connectivity index (χ4v) is 3.08. The number of nitro groups is 2. The molecule has 10 nitrogen and oxygen atoms in total. The molecular formula is C21H19N3O7. The molecule has 0 spiro atoms. The number of hydrogen-bond acceptors (Lipinski definition) is 7. The number of nitrogens with one attached hydrogen (secondary N) is 1. The van der Waals surface area contributed by atoms with E-state index < -0.39 is 27.1 Å². The third-order valence-corrected chi connectivity index (χ3v) is 4.47. The molecule has 160 valence electrons. The highest BCUT2D eigenvalue weighted by Gasteiger charge is 2.24. The number of carbonyl (C=O) groups is 1. The summed E-state index contributed by atoms with van der Waals surface area (Å²) < 4.78 is 11.2. The second-order valence-corrected chi connectivity index (χ2v) is 6.99. The van der Waals surface area contributed by atoms with E-state index in [0.29, 0.717) is 11.5 Å². The van der Waals surface area contributed by atoms with Crippen molar-refractivity contribution in [2.75, 3.05) is 5.32 Å². The molecule has 1 amide bonds. The predicted molar refractivity (Wildman–Crippen MR) is 111 cm³/mol. The Morgan fingerprint density at radius 2 is 1.55 bits per heavy atom. The molecule has 10 heteroatoms. The minimum atomic E-state index is -0.743. The lowest BCUT2D eigenvalue weighted by Crippen LogP contribution is -2.12. The van der Waals surface area contributed by atoms with Crippen LogP contribution >= 0.6 is 0 Å². The molecule has 0 fully saturated rings. The lowest BCUT2D eigenvalue weighted by molar-refractivity contribution is -0.395. The van der Waals surface area contributed by atoms with E-state index in [1.807, 2.05) is 32.0 Å². The standard InChI is InChI=1S/C21H19N3O7/c1-12-6-13(2)8-17(7-12)30-11-16-4-5-20(31-16)21(25)22-15-9-18(23(26)27)14(3)19(10-15)24(28)29/h4-10H,11H2,1-3H3,(H,22,25). The summed E-state index contributed by atoms with van der Waals surface area (Å²) in [5.41, 5.74) is 0.986. The fraction of sp³-hybridized carbons (Fsp3) is 0.190. The van der Waals surface area contributed by atoms with E-state index in [1.165, 1.54) is 13.0 Å². The summed E-state index contributed by atoms with van der Waals surface area (Å²) >= 11 is 0. The fourth-order valence-electron chi connectivity index (χ4n) is 3.08. The van der Waals surface area contributed by atoms with Crippen molar-refractivity contribution in [3.8, 4) is 5.75 Å². The van der Waals surface area contributed by atoms with Crippen LogP contribution in [0.5, 0.6) is 5.75 Å². The first-order valence-electron chi connectivity index (χ1n) is 9.18. The van der Waals surface area contributed by atoms with E-state index in [4.69, 9.17) is 9.15 Å². The maximum atomic E-state index is 12.5. The average molecular weight is 425 g/mol. The maximum absolute atomic E-state index is 12.5. The van der Waals surface area contributed by atoms with Gasteiger partial charge in [0.2, 0.25) is 0 Å². The van der Waals surface area contributed by atoms with Crippen molar-refractivity contribution in [2.24, 2.45) is 0 Å². The summed E-state index contributed by atoms with van der Waals surface area (Å²) in [6, 6.07) is 10.9. The molecule has 3 aromatic rings. The lowest BCUT2D eigenvalue weighted by Gasteiger charge is -2.07. The van der Waals surface area contributed by atoms with Crippen molar-refractivity contribution >= 4 is 23.0 Å². The molecule has 0 atom stereocenters. The highest BCUT2D eigenvalue weighted by atomic mass is 16.6. The largest absolute Gasteiger partial charge is 0.486 e. The van der Waals surface area contributed by atoms with Crippen molar-refractivity contribution in [1.82, 2.24) is 0 Å². The Kier molecular flexibility index (Phi) is 6.00. The number of nitrogens with zero attached hydrogens (tertiary/aromatic N) is 2. The minimum absolute atomic E-state index is 0.0649. The van der Waals surface area contributed by atoms with Crippen LogP contribution in [-0.2, 0) is 6.61 Å². The normalized spacial score (nSPS) is 10.5. The predicted octanol–water partition coefficient (Wildman–Crippen LogP) is 4.85. The molecule has 1 aromatic heterocycles. The van der Waals surface area contributed by atoms with Crippen LogP contribution in [0.1, 0.15) is 33.0 Å². The van der Waals surface area contributed by atoms with Gasteiger partial charge < -0.3 is 14.5 Å². The number of nitro benzene ring substituents is 2. The SMILES string of the molecule is Cc1cc(C)cc(OCc2ccc(C(=O)Nc3cc([N+](=O)[O-])c(C)c([N+](=O)[O-])c3)o2)c1. The van der Waals surface area contributed by atoms with Gasteiger partial charge in [0.15, 0.2) is 5.76 Å². The van der Waals surface area contributed by atoms with Crippen LogP contribution in [0.15, 0.2) is 46.9 Å². The molecule has 1 N–H and O–H groups in total. The number of furan rings is 1. The van der Waals surface area contributed by atoms with Crippen LogP contribution in [0.2, 0.25) is 0 Å². The van der Waals surface area contributed by atoms with Crippen LogP contribution in [0, 0.1) is 41.0 Å². The second kappa shape index (κ2) is 8.66. The van der Waals surface area contributed by atoms with Crippen molar-refractivity contribution in [3.05, 3.63) is 90.9 Å². The Balaban J connectivity index is 1.74. The van der Waals surface area contributed by atoms with Crippen molar-refractivity contribution < 1.29 is 23.8 Å². The zero-order chi connectivity index (χ0) is 22.7. The number of anilines is 1. The molecule has 31 heavy (non-hydrogen) atoms. The maximum Gasteiger partial charge on any atom is 0.291 e. The van der Waals surface area contributed by atoms with Crippen molar-refractivity contribution in [2.45, 2.75) is 27.4 Å². The molecular weight excluding hydrogens is 406 g/mol. The Bertz CT molecular complexity index is 1130. The minimum Gasteiger partial charge on any atom is -0.486 e. The quantitative estimate of drug-likeness (QED) is 0.422. The Hall–Kier alpha value is -4.21. The first-order chi connectivity index (χ1) is 14.6. The van der Waals surface area contributed by atoms with Gasteiger partial charge >= 0.3 is 0 Å². The summed E-state index contributed by atoms with van der Waals surface area (Å²) in [5.74, 6) is 0.291. The number of aryl methyl sites for hydroxylation is 2. The Labute approximate surface area is 176 Å². The third kappa shape index (κ3) is 5.04. The van der Waals surface area contributed by atoms with Gasteiger partial charge in [0.1, 0.15) is 23.7 Å². The number of amides is 1. The molecule has 1 heterocycles. The molecule has 3 rings (SSSR count). The Morgan fingerprint density at radius 1 is 0.968 bits per heavy atom. The van der Waals surface area contributed by atoms with Gasteiger partial charge in [-0.1, -0.05) is 6.07 Å². The number of benzene rings is 2. The molecule has 0 bridgehead atoms. The summed E-state index contributed by atoms with van der Waals surface area (Å²) in [7, 11) is 0. The van der Waals surface area contributed by atoms with Crippen LogP contribution in [0.3, 0.4) is 0 Å². The van der Waals surface area contributed by atoms with E-state index in [1.54, 1.807) is 6.07 Å². The molecule has 2 aromatic carbocycles. The summed E-state index contributed by atoms with van der Waals surface area (Å²) in [6.45, 7) is 5.28. The highest BCUT2D eigenvalue weighted by molar-refractivity contribution is 6.02. The zero-order valence-corrected chi connectivity index (χ0v) is 17.0. The zero-order valence-electron chi connectivity index (χ0n) is 17.0. The van der Waals surface area contributed by atoms with Crippen LogP contribution in [0.4, 0.5) is 17.1 Å². The first kappa shape index (κ1) is 21.5. The Morgan fingerprint density at radius 3 is 2.10 bits per heavy atom. The molecule has 0 aliphatic rings. The lowest BCUT2D eigenvalue weighted by atomic mass is 10.1. The first-order valence-corrected chi connectivity index (χ1v) is 9.18. The number of carbonyl (C=O) groups excluding carboxylic acids is 1. The van der Waals surface area contributed by atoms with E-state index in [0.717, 1.165) is 23.3 Å². The van der Waals surface area contributed by atoms with Gasteiger partial charge in [0.05, 0.1) is 15.5 Å². The van der Waals surface area contributed by atoms with Gasteiger partial charge in [-0.2, -0.15) is 0 Å². The number of hydrogen-bond donors (Lipinski definition) is 1. The van der Waals surface area contributed by atoms with Gasteiger partial charge in [0, 0.05) is 12.1 Å². The molecule has 0 saturated carbocycles. The number of ether oxygens (including phenoxy) is 1. The molecule has 0 aliphatic heterocycles. The van der Waals surface area contributed by atoms with E-state index >= 15 is 0 Å². The molecule has 0 aliphatic carbocycles. The average Bonchev–Trinajstić information content (AvgIpc) is 3.15. The van der Waals surface area contributed by atoms with Gasteiger partial charge in [-0.15, -0.1) is 0 Å². The van der Waals surface area contributed by atoms with E-state index in [2.05, 4.69) is 5.32 Å². The smallest absolute Gasteiger partial charge is 0.291 e. The van der Waals surface area contributed by atoms with Gasteiger partial charge in [-0.25, -0.2) is 0 Å². The monoisotopic (exact) mass is 425 g/mol. The van der Waals surface area contributed by atoms with Gasteiger partial charge in [0.25, 0.3) is 17.3 Å². The summed E-state index contributed by atoms with van der Waals surface area (Å²) in [6.07, 6.45) is 0. The van der Waals surface area contributed by atoms with Crippen LogP contribution in [0.25, 0.3) is 0 Å².